The molecule has 0 aliphatic rings. The summed E-state index contributed by atoms with van der Waals surface area (Å²) in [6.07, 6.45) is 0. The van der Waals surface area contributed by atoms with Crippen LogP contribution in [0.4, 0.5) is 0 Å². The van der Waals surface area contributed by atoms with E-state index in [0.717, 1.165) is 0 Å². The van der Waals surface area contributed by atoms with Crippen molar-refractivity contribution in [1.29, 1.82) is 0 Å². The summed E-state index contributed by atoms with van der Waals surface area (Å²) in [5, 5.41) is 9.25. The fraction of sp³-hybridized carbons (Fsp3) is 0.111. The van der Waals surface area contributed by atoms with Gasteiger partial charge in [0.25, 0.3) is 0 Å². The van der Waals surface area contributed by atoms with Crippen molar-refractivity contribution in [3.05, 3.63) is 64.3 Å². The Balaban J connectivity index is 2.19. The predicted octanol–water partition coefficient (Wildman–Crippen LogP) is 3.56. The Hall–Kier alpha value is -3.08. The average molecular weight is 310 g/mol. The Morgan fingerprint density at radius 3 is 2.70 bits per heavy atom. The molecule has 3 aromatic rings. The number of hydrogen-bond donors (Lipinski definition) is 1. The lowest BCUT2D eigenvalue weighted by atomic mass is 10.1. The SMILES string of the molecule is CCOc1ccccc1-c1cc(=O)c2cc(C(=O)O)ccc2o1. The standard InChI is InChI=1S/C18H14O5/c1-2-22-15-6-4-3-5-12(15)17-10-14(19)13-9-11(18(20)21)7-8-16(13)23-17/h3-10H,2H2,1H3,(H,20,21). The van der Waals surface area contributed by atoms with Gasteiger partial charge in [0, 0.05) is 6.07 Å². The summed E-state index contributed by atoms with van der Waals surface area (Å²) in [7, 11) is 0. The van der Waals surface area contributed by atoms with Gasteiger partial charge in [0.15, 0.2) is 5.43 Å². The molecule has 23 heavy (non-hydrogen) atoms. The van der Waals surface area contributed by atoms with E-state index < -0.39 is 5.97 Å². The van der Waals surface area contributed by atoms with Crippen molar-refractivity contribution in [1.82, 2.24) is 0 Å². The average Bonchev–Trinajstić information content (AvgIpc) is 2.55. The Morgan fingerprint density at radius 2 is 1.96 bits per heavy atom. The van der Waals surface area contributed by atoms with Gasteiger partial charge in [-0.25, -0.2) is 4.79 Å². The van der Waals surface area contributed by atoms with Crippen molar-refractivity contribution in [2.45, 2.75) is 6.92 Å². The second-order valence-corrected chi connectivity index (χ2v) is 4.92. The zero-order valence-electron chi connectivity index (χ0n) is 12.4. The molecule has 0 amide bonds. The number of rotatable bonds is 4. The van der Waals surface area contributed by atoms with Gasteiger partial charge in [0.1, 0.15) is 17.1 Å². The van der Waals surface area contributed by atoms with Gasteiger partial charge in [-0.05, 0) is 37.3 Å². The lowest BCUT2D eigenvalue weighted by molar-refractivity contribution is 0.0697. The van der Waals surface area contributed by atoms with E-state index in [9.17, 15) is 9.59 Å². The number of para-hydroxylation sites is 1. The summed E-state index contributed by atoms with van der Waals surface area (Å²) in [5.41, 5.74) is 0.766. The van der Waals surface area contributed by atoms with E-state index in [1.807, 2.05) is 19.1 Å². The molecule has 5 nitrogen and oxygen atoms in total. The van der Waals surface area contributed by atoms with Crippen LogP contribution in [0, 0.1) is 0 Å². The van der Waals surface area contributed by atoms with Gasteiger partial charge < -0.3 is 14.3 Å². The largest absolute Gasteiger partial charge is 0.493 e. The molecule has 0 saturated heterocycles. The van der Waals surface area contributed by atoms with E-state index in [1.54, 1.807) is 12.1 Å². The smallest absolute Gasteiger partial charge is 0.335 e. The maximum atomic E-state index is 12.3. The van der Waals surface area contributed by atoms with E-state index in [2.05, 4.69) is 0 Å². The molecule has 0 saturated carbocycles. The van der Waals surface area contributed by atoms with Crippen molar-refractivity contribution >= 4 is 16.9 Å². The highest BCUT2D eigenvalue weighted by Gasteiger charge is 2.13. The van der Waals surface area contributed by atoms with E-state index in [0.29, 0.717) is 29.3 Å². The fourth-order valence-corrected chi connectivity index (χ4v) is 2.37. The highest BCUT2D eigenvalue weighted by Crippen LogP contribution is 2.30. The van der Waals surface area contributed by atoms with Crippen LogP contribution in [0.1, 0.15) is 17.3 Å². The van der Waals surface area contributed by atoms with E-state index in [1.165, 1.54) is 24.3 Å². The first kappa shape index (κ1) is 14.8. The fourth-order valence-electron chi connectivity index (χ4n) is 2.37. The summed E-state index contributed by atoms with van der Waals surface area (Å²) >= 11 is 0. The first-order valence-corrected chi connectivity index (χ1v) is 7.13. The zero-order chi connectivity index (χ0) is 16.4. The summed E-state index contributed by atoms with van der Waals surface area (Å²) in [6, 6.07) is 12.9. The van der Waals surface area contributed by atoms with E-state index in [-0.39, 0.29) is 16.4 Å². The number of carboxylic acid groups (broad SMARTS) is 1. The Bertz CT molecular complexity index is 940. The molecule has 0 fully saturated rings. The van der Waals surface area contributed by atoms with Crippen LogP contribution in [0.15, 0.2) is 57.7 Å². The lowest BCUT2D eigenvalue weighted by Crippen LogP contribution is -2.04. The van der Waals surface area contributed by atoms with E-state index in [4.69, 9.17) is 14.3 Å². The van der Waals surface area contributed by atoms with Gasteiger partial charge in [-0.2, -0.15) is 0 Å². The molecule has 0 radical (unpaired) electrons. The Morgan fingerprint density at radius 1 is 1.17 bits per heavy atom. The third kappa shape index (κ3) is 2.81. The monoisotopic (exact) mass is 310 g/mol. The number of fused-ring (bicyclic) bond motifs is 1. The minimum atomic E-state index is -1.09. The molecule has 5 heteroatoms. The molecule has 0 aliphatic heterocycles. The van der Waals surface area contributed by atoms with Crippen LogP contribution in [0.2, 0.25) is 0 Å². The van der Waals surface area contributed by atoms with Gasteiger partial charge in [0.05, 0.1) is 23.1 Å². The summed E-state index contributed by atoms with van der Waals surface area (Å²) in [5.74, 6) is -0.0775. The van der Waals surface area contributed by atoms with Crippen molar-refractivity contribution < 1.29 is 19.1 Å². The van der Waals surface area contributed by atoms with Gasteiger partial charge in [-0.3, -0.25) is 4.79 Å². The number of benzene rings is 2. The van der Waals surface area contributed by atoms with Crippen LogP contribution in [0.5, 0.6) is 5.75 Å². The number of hydrogen-bond acceptors (Lipinski definition) is 4. The van der Waals surface area contributed by atoms with Crippen LogP contribution in [0.3, 0.4) is 0 Å². The second-order valence-electron chi connectivity index (χ2n) is 4.92. The number of ether oxygens (including phenoxy) is 1. The molecule has 1 N–H and O–H groups in total. The zero-order valence-corrected chi connectivity index (χ0v) is 12.4. The molecule has 1 aromatic heterocycles. The summed E-state index contributed by atoms with van der Waals surface area (Å²) < 4.78 is 11.3. The molecule has 0 aliphatic carbocycles. The number of carboxylic acids is 1. The van der Waals surface area contributed by atoms with Gasteiger partial charge >= 0.3 is 5.97 Å². The number of carbonyl (C=O) groups is 1. The summed E-state index contributed by atoms with van der Waals surface area (Å²) in [4.78, 5) is 23.3. The van der Waals surface area contributed by atoms with Crippen molar-refractivity contribution in [2.24, 2.45) is 0 Å². The van der Waals surface area contributed by atoms with Gasteiger partial charge in [0.2, 0.25) is 0 Å². The molecule has 3 rings (SSSR count). The molecule has 0 atom stereocenters. The minimum absolute atomic E-state index is 0.0484. The molecular weight excluding hydrogens is 296 g/mol. The van der Waals surface area contributed by atoms with Crippen LogP contribution in [0.25, 0.3) is 22.3 Å². The third-order valence-corrected chi connectivity index (χ3v) is 3.43. The van der Waals surface area contributed by atoms with Crippen LogP contribution in [-0.2, 0) is 0 Å². The topological polar surface area (TPSA) is 76.7 Å². The van der Waals surface area contributed by atoms with E-state index >= 15 is 0 Å². The molecule has 0 spiro atoms. The highest BCUT2D eigenvalue weighted by molar-refractivity contribution is 5.93. The first-order valence-electron chi connectivity index (χ1n) is 7.13. The Labute approximate surface area is 131 Å². The van der Waals surface area contributed by atoms with Gasteiger partial charge in [-0.1, -0.05) is 12.1 Å². The quantitative estimate of drug-likeness (QED) is 0.797. The van der Waals surface area contributed by atoms with Crippen LogP contribution < -0.4 is 10.2 Å². The third-order valence-electron chi connectivity index (χ3n) is 3.43. The van der Waals surface area contributed by atoms with Crippen molar-refractivity contribution in [3.8, 4) is 17.1 Å². The van der Waals surface area contributed by atoms with Crippen LogP contribution >= 0.6 is 0 Å². The molecule has 2 aromatic carbocycles. The molecule has 1 heterocycles. The second kappa shape index (κ2) is 5.96. The highest BCUT2D eigenvalue weighted by atomic mass is 16.5. The maximum absolute atomic E-state index is 12.3. The Kier molecular flexibility index (Phi) is 3.85. The lowest BCUT2D eigenvalue weighted by Gasteiger charge is -2.09. The molecule has 116 valence electrons. The van der Waals surface area contributed by atoms with Crippen LogP contribution in [-0.4, -0.2) is 17.7 Å². The van der Waals surface area contributed by atoms with Crippen molar-refractivity contribution in [2.75, 3.05) is 6.61 Å². The molecular formula is C18H14O5. The predicted molar refractivity (Wildman–Crippen MR) is 86.0 cm³/mol. The normalized spacial score (nSPS) is 10.7. The first-order chi connectivity index (χ1) is 11.1. The molecule has 0 bridgehead atoms. The van der Waals surface area contributed by atoms with Crippen molar-refractivity contribution in [3.63, 3.8) is 0 Å². The minimum Gasteiger partial charge on any atom is -0.493 e. The van der Waals surface area contributed by atoms with Gasteiger partial charge in [-0.15, -0.1) is 0 Å². The molecule has 0 unspecified atom stereocenters. The number of aromatic carboxylic acids is 1. The summed E-state index contributed by atoms with van der Waals surface area (Å²) in [6.45, 7) is 2.37. The maximum Gasteiger partial charge on any atom is 0.335 e.